The Morgan fingerprint density at radius 2 is 2.14 bits per heavy atom. The van der Waals surface area contributed by atoms with Crippen LogP contribution in [0.4, 0.5) is 0 Å². The molecular formula is C10H15N3O. The maximum atomic E-state index is 5.34. The van der Waals surface area contributed by atoms with Crippen LogP contribution in [0.1, 0.15) is 35.7 Å². The molecular weight excluding hydrogens is 178 g/mol. The number of aromatic nitrogens is 2. The minimum Gasteiger partial charge on any atom is -0.370 e. The lowest BCUT2D eigenvalue weighted by Crippen LogP contribution is -2.17. The Kier molecular flexibility index (Phi) is 2.48. The SMILES string of the molecule is CNC(C)c1nc(C)c2c(n1)COC2. The second kappa shape index (κ2) is 3.63. The summed E-state index contributed by atoms with van der Waals surface area (Å²) in [6.07, 6.45) is 0. The van der Waals surface area contributed by atoms with Gasteiger partial charge in [-0.1, -0.05) is 0 Å². The largest absolute Gasteiger partial charge is 0.370 e. The van der Waals surface area contributed by atoms with E-state index < -0.39 is 0 Å². The van der Waals surface area contributed by atoms with Crippen LogP contribution in [0.2, 0.25) is 0 Å². The van der Waals surface area contributed by atoms with E-state index in [0.29, 0.717) is 13.2 Å². The molecule has 0 radical (unpaired) electrons. The summed E-state index contributed by atoms with van der Waals surface area (Å²) in [5, 5.41) is 3.13. The van der Waals surface area contributed by atoms with E-state index >= 15 is 0 Å². The van der Waals surface area contributed by atoms with Gasteiger partial charge in [0.2, 0.25) is 0 Å². The highest BCUT2D eigenvalue weighted by molar-refractivity contribution is 5.26. The Balaban J connectivity index is 2.41. The van der Waals surface area contributed by atoms with Gasteiger partial charge in [0.25, 0.3) is 0 Å². The van der Waals surface area contributed by atoms with Gasteiger partial charge in [0.05, 0.1) is 24.9 Å². The lowest BCUT2D eigenvalue weighted by atomic mass is 10.2. The summed E-state index contributed by atoms with van der Waals surface area (Å²) in [6, 6.07) is 0.194. The lowest BCUT2D eigenvalue weighted by Gasteiger charge is -2.11. The van der Waals surface area contributed by atoms with Gasteiger partial charge in [-0.2, -0.15) is 0 Å². The van der Waals surface area contributed by atoms with E-state index in [-0.39, 0.29) is 6.04 Å². The van der Waals surface area contributed by atoms with Crippen LogP contribution in [0.25, 0.3) is 0 Å². The van der Waals surface area contributed by atoms with E-state index in [4.69, 9.17) is 4.74 Å². The summed E-state index contributed by atoms with van der Waals surface area (Å²) in [5.74, 6) is 0.856. The van der Waals surface area contributed by atoms with Crippen molar-refractivity contribution in [3.8, 4) is 0 Å². The highest BCUT2D eigenvalue weighted by Gasteiger charge is 2.18. The Labute approximate surface area is 83.7 Å². The molecule has 0 spiro atoms. The molecule has 1 aliphatic rings. The van der Waals surface area contributed by atoms with Crippen molar-refractivity contribution in [3.05, 3.63) is 22.8 Å². The van der Waals surface area contributed by atoms with Gasteiger partial charge < -0.3 is 10.1 Å². The van der Waals surface area contributed by atoms with Gasteiger partial charge in [-0.3, -0.25) is 0 Å². The molecule has 0 fully saturated rings. The third kappa shape index (κ3) is 1.51. The summed E-state index contributed by atoms with van der Waals surface area (Å²) in [6.45, 7) is 5.36. The Hall–Kier alpha value is -1.00. The highest BCUT2D eigenvalue weighted by Crippen LogP contribution is 2.21. The molecule has 2 heterocycles. The minimum atomic E-state index is 0.194. The van der Waals surface area contributed by atoms with Crippen molar-refractivity contribution in [1.29, 1.82) is 0 Å². The molecule has 1 aliphatic heterocycles. The highest BCUT2D eigenvalue weighted by atomic mass is 16.5. The fourth-order valence-electron chi connectivity index (χ4n) is 1.56. The standard InChI is InChI=1S/C10H15N3O/c1-6-8-4-14-5-9(8)13-10(12-6)7(2)11-3/h7,11H,4-5H2,1-3H3. The van der Waals surface area contributed by atoms with Crippen molar-refractivity contribution < 1.29 is 4.74 Å². The smallest absolute Gasteiger partial charge is 0.145 e. The van der Waals surface area contributed by atoms with Gasteiger partial charge in [-0.25, -0.2) is 9.97 Å². The number of hydrogen-bond donors (Lipinski definition) is 1. The molecule has 0 aromatic carbocycles. The van der Waals surface area contributed by atoms with Gasteiger partial charge in [0, 0.05) is 11.3 Å². The maximum absolute atomic E-state index is 5.34. The summed E-state index contributed by atoms with van der Waals surface area (Å²) < 4.78 is 5.34. The van der Waals surface area contributed by atoms with Crippen molar-refractivity contribution in [2.24, 2.45) is 0 Å². The zero-order chi connectivity index (χ0) is 10.1. The number of nitrogens with one attached hydrogen (secondary N) is 1. The first-order valence-corrected chi connectivity index (χ1v) is 4.83. The van der Waals surface area contributed by atoms with Crippen molar-refractivity contribution in [2.45, 2.75) is 33.1 Å². The summed E-state index contributed by atoms with van der Waals surface area (Å²) in [5.41, 5.74) is 3.26. The molecule has 1 N–H and O–H groups in total. The van der Waals surface area contributed by atoms with Crippen molar-refractivity contribution in [2.75, 3.05) is 7.05 Å². The predicted octanol–water partition coefficient (Wildman–Crippen LogP) is 1.10. The fraction of sp³-hybridized carbons (Fsp3) is 0.600. The van der Waals surface area contributed by atoms with Gasteiger partial charge in [-0.05, 0) is 20.9 Å². The van der Waals surface area contributed by atoms with E-state index in [0.717, 1.165) is 22.8 Å². The van der Waals surface area contributed by atoms with Crippen molar-refractivity contribution in [3.63, 3.8) is 0 Å². The Morgan fingerprint density at radius 1 is 1.36 bits per heavy atom. The number of nitrogens with zero attached hydrogens (tertiary/aromatic N) is 2. The van der Waals surface area contributed by atoms with Crippen LogP contribution in [0, 0.1) is 6.92 Å². The Bertz CT molecular complexity index is 351. The van der Waals surface area contributed by atoms with Crippen LogP contribution in [0.5, 0.6) is 0 Å². The quantitative estimate of drug-likeness (QED) is 0.764. The van der Waals surface area contributed by atoms with Gasteiger partial charge >= 0.3 is 0 Å². The summed E-state index contributed by atoms with van der Waals surface area (Å²) >= 11 is 0. The minimum absolute atomic E-state index is 0.194. The van der Waals surface area contributed by atoms with Crippen LogP contribution in [-0.2, 0) is 18.0 Å². The van der Waals surface area contributed by atoms with Crippen molar-refractivity contribution >= 4 is 0 Å². The normalized spacial score (nSPS) is 16.8. The molecule has 1 aromatic rings. The van der Waals surface area contributed by atoms with Crippen LogP contribution in [0.15, 0.2) is 0 Å². The molecule has 76 valence electrons. The maximum Gasteiger partial charge on any atom is 0.145 e. The first-order chi connectivity index (χ1) is 6.72. The van der Waals surface area contributed by atoms with E-state index in [2.05, 4.69) is 22.2 Å². The molecule has 0 saturated heterocycles. The number of fused-ring (bicyclic) bond motifs is 1. The number of aryl methyl sites for hydroxylation is 1. The lowest BCUT2D eigenvalue weighted by molar-refractivity contribution is 0.133. The molecule has 0 aliphatic carbocycles. The topological polar surface area (TPSA) is 47.0 Å². The van der Waals surface area contributed by atoms with Gasteiger partial charge in [0.15, 0.2) is 0 Å². The molecule has 0 amide bonds. The van der Waals surface area contributed by atoms with Crippen LogP contribution < -0.4 is 5.32 Å². The zero-order valence-electron chi connectivity index (χ0n) is 8.79. The third-order valence-electron chi connectivity index (χ3n) is 2.62. The molecule has 1 atom stereocenters. The molecule has 4 heteroatoms. The fourth-order valence-corrected chi connectivity index (χ4v) is 1.56. The summed E-state index contributed by atoms with van der Waals surface area (Å²) in [4.78, 5) is 8.95. The van der Waals surface area contributed by atoms with Gasteiger partial charge in [0.1, 0.15) is 5.82 Å². The van der Waals surface area contributed by atoms with Crippen LogP contribution in [0.3, 0.4) is 0 Å². The number of hydrogen-bond acceptors (Lipinski definition) is 4. The Morgan fingerprint density at radius 3 is 2.86 bits per heavy atom. The third-order valence-corrected chi connectivity index (χ3v) is 2.62. The predicted molar refractivity (Wildman–Crippen MR) is 52.7 cm³/mol. The molecule has 0 bridgehead atoms. The van der Waals surface area contributed by atoms with Crippen LogP contribution >= 0.6 is 0 Å². The number of rotatable bonds is 2. The second-order valence-corrected chi connectivity index (χ2v) is 3.60. The average Bonchev–Trinajstić information content (AvgIpc) is 2.64. The van der Waals surface area contributed by atoms with Crippen LogP contribution in [-0.4, -0.2) is 17.0 Å². The van der Waals surface area contributed by atoms with Crippen molar-refractivity contribution in [1.82, 2.24) is 15.3 Å². The van der Waals surface area contributed by atoms with E-state index in [1.165, 1.54) is 0 Å². The van der Waals surface area contributed by atoms with E-state index in [1.807, 2.05) is 14.0 Å². The summed E-state index contributed by atoms with van der Waals surface area (Å²) in [7, 11) is 1.91. The molecule has 1 aromatic heterocycles. The van der Waals surface area contributed by atoms with E-state index in [1.54, 1.807) is 0 Å². The van der Waals surface area contributed by atoms with E-state index in [9.17, 15) is 0 Å². The first-order valence-electron chi connectivity index (χ1n) is 4.83. The molecule has 0 saturated carbocycles. The zero-order valence-corrected chi connectivity index (χ0v) is 8.79. The molecule has 14 heavy (non-hydrogen) atoms. The molecule has 1 unspecified atom stereocenters. The molecule has 4 nitrogen and oxygen atoms in total. The second-order valence-electron chi connectivity index (χ2n) is 3.60. The first kappa shape index (κ1) is 9.55. The monoisotopic (exact) mass is 193 g/mol. The average molecular weight is 193 g/mol. The molecule has 2 rings (SSSR count). The number of ether oxygens (including phenoxy) is 1. The van der Waals surface area contributed by atoms with Gasteiger partial charge in [-0.15, -0.1) is 0 Å².